The third-order valence-electron chi connectivity index (χ3n) is 1.76. The van der Waals surface area contributed by atoms with Crippen LogP contribution >= 0.6 is 0 Å². The van der Waals surface area contributed by atoms with Gasteiger partial charge in [0.05, 0.1) is 11.5 Å². The SMILES string of the molecule is CCCOc1cc(F)cc(/C=C/[N+](=O)[O-])c1. The van der Waals surface area contributed by atoms with Crippen molar-refractivity contribution in [1.82, 2.24) is 0 Å². The lowest BCUT2D eigenvalue weighted by molar-refractivity contribution is -0.400. The molecule has 86 valence electrons. The summed E-state index contributed by atoms with van der Waals surface area (Å²) in [6.45, 7) is 2.43. The minimum Gasteiger partial charge on any atom is -0.493 e. The van der Waals surface area contributed by atoms with Crippen molar-refractivity contribution in [3.63, 3.8) is 0 Å². The van der Waals surface area contributed by atoms with Crippen LogP contribution in [0.5, 0.6) is 5.75 Å². The van der Waals surface area contributed by atoms with Gasteiger partial charge in [0.25, 0.3) is 0 Å². The minimum absolute atomic E-state index is 0.379. The molecule has 0 bridgehead atoms. The number of nitrogens with zero attached hydrogens (tertiary/aromatic N) is 1. The second-order valence-electron chi connectivity index (χ2n) is 3.17. The number of rotatable bonds is 5. The molecule has 0 saturated carbocycles. The van der Waals surface area contributed by atoms with E-state index in [-0.39, 0.29) is 0 Å². The molecular formula is C11H12FNO3. The molecule has 0 unspecified atom stereocenters. The van der Waals surface area contributed by atoms with E-state index in [4.69, 9.17) is 4.74 Å². The molecular weight excluding hydrogens is 213 g/mol. The van der Waals surface area contributed by atoms with Crippen molar-refractivity contribution in [3.8, 4) is 5.75 Å². The molecule has 0 aliphatic rings. The summed E-state index contributed by atoms with van der Waals surface area (Å²) in [5, 5.41) is 10.1. The Morgan fingerprint density at radius 2 is 2.25 bits per heavy atom. The molecule has 0 fully saturated rings. The van der Waals surface area contributed by atoms with Gasteiger partial charge in [-0.25, -0.2) is 4.39 Å². The zero-order valence-corrected chi connectivity index (χ0v) is 8.85. The van der Waals surface area contributed by atoms with E-state index in [0.717, 1.165) is 12.6 Å². The number of ether oxygens (including phenoxy) is 1. The lowest BCUT2D eigenvalue weighted by Crippen LogP contribution is -1.96. The Labute approximate surface area is 92.5 Å². The third-order valence-corrected chi connectivity index (χ3v) is 1.76. The van der Waals surface area contributed by atoms with Gasteiger partial charge in [0, 0.05) is 12.1 Å². The van der Waals surface area contributed by atoms with Gasteiger partial charge in [-0.2, -0.15) is 0 Å². The summed E-state index contributed by atoms with van der Waals surface area (Å²) >= 11 is 0. The van der Waals surface area contributed by atoms with Crippen LogP contribution in [0.2, 0.25) is 0 Å². The van der Waals surface area contributed by atoms with Crippen LogP contribution in [0.25, 0.3) is 6.08 Å². The Morgan fingerprint density at radius 1 is 1.50 bits per heavy atom. The normalized spacial score (nSPS) is 10.6. The summed E-state index contributed by atoms with van der Waals surface area (Å²) in [5.41, 5.74) is 0.405. The Hall–Kier alpha value is -1.91. The summed E-state index contributed by atoms with van der Waals surface area (Å²) in [6, 6.07) is 4.01. The maximum atomic E-state index is 13.1. The van der Waals surface area contributed by atoms with Crippen molar-refractivity contribution in [3.05, 3.63) is 45.9 Å². The molecule has 1 aromatic rings. The molecule has 0 saturated heterocycles. The van der Waals surface area contributed by atoms with Crippen molar-refractivity contribution < 1.29 is 14.1 Å². The minimum atomic E-state index is -0.600. The zero-order valence-electron chi connectivity index (χ0n) is 8.85. The van der Waals surface area contributed by atoms with Gasteiger partial charge in [0.15, 0.2) is 0 Å². The highest BCUT2D eigenvalue weighted by molar-refractivity contribution is 5.50. The Bertz CT molecular complexity index is 404. The summed E-state index contributed by atoms with van der Waals surface area (Å²) in [6.07, 6.45) is 2.80. The lowest BCUT2D eigenvalue weighted by atomic mass is 10.2. The van der Waals surface area contributed by atoms with Crippen LogP contribution in [-0.2, 0) is 0 Å². The van der Waals surface area contributed by atoms with E-state index in [2.05, 4.69) is 0 Å². The monoisotopic (exact) mass is 225 g/mol. The van der Waals surface area contributed by atoms with Crippen LogP contribution < -0.4 is 4.74 Å². The molecule has 5 heteroatoms. The molecule has 0 heterocycles. The number of nitro groups is 1. The van der Waals surface area contributed by atoms with E-state index in [1.807, 2.05) is 6.92 Å². The summed E-state index contributed by atoms with van der Waals surface area (Å²) < 4.78 is 18.3. The van der Waals surface area contributed by atoms with Gasteiger partial charge >= 0.3 is 0 Å². The second-order valence-corrected chi connectivity index (χ2v) is 3.17. The highest BCUT2D eigenvalue weighted by atomic mass is 19.1. The van der Waals surface area contributed by atoms with Gasteiger partial charge in [-0.15, -0.1) is 0 Å². The van der Waals surface area contributed by atoms with Crippen molar-refractivity contribution in [2.24, 2.45) is 0 Å². The van der Waals surface area contributed by atoms with Gasteiger partial charge in [-0.1, -0.05) is 6.92 Å². The van der Waals surface area contributed by atoms with Gasteiger partial charge in [0.2, 0.25) is 6.20 Å². The molecule has 0 spiro atoms. The van der Waals surface area contributed by atoms with E-state index in [1.165, 1.54) is 18.2 Å². The fourth-order valence-electron chi connectivity index (χ4n) is 1.13. The summed E-state index contributed by atoms with van der Waals surface area (Å²) in [5.74, 6) is -0.0959. The highest BCUT2D eigenvalue weighted by Gasteiger charge is 2.00. The van der Waals surface area contributed by atoms with Gasteiger partial charge in [-0.3, -0.25) is 10.1 Å². The summed E-state index contributed by atoms with van der Waals surface area (Å²) in [7, 11) is 0. The molecule has 0 radical (unpaired) electrons. The molecule has 0 aromatic heterocycles. The number of benzene rings is 1. The van der Waals surface area contributed by atoms with Crippen LogP contribution in [-0.4, -0.2) is 11.5 Å². The number of hydrogen-bond acceptors (Lipinski definition) is 3. The average molecular weight is 225 g/mol. The molecule has 1 aromatic carbocycles. The van der Waals surface area contributed by atoms with Gasteiger partial charge in [-0.05, 0) is 24.1 Å². The zero-order chi connectivity index (χ0) is 12.0. The van der Waals surface area contributed by atoms with E-state index < -0.39 is 10.7 Å². The molecule has 0 atom stereocenters. The fourth-order valence-corrected chi connectivity index (χ4v) is 1.13. The molecule has 16 heavy (non-hydrogen) atoms. The Kier molecular flexibility index (Phi) is 4.44. The average Bonchev–Trinajstić information content (AvgIpc) is 2.23. The van der Waals surface area contributed by atoms with E-state index in [9.17, 15) is 14.5 Å². The predicted octanol–water partition coefficient (Wildman–Crippen LogP) is 2.86. The first-order valence-electron chi connectivity index (χ1n) is 4.87. The molecule has 0 aliphatic carbocycles. The smallest absolute Gasteiger partial charge is 0.235 e. The predicted molar refractivity (Wildman–Crippen MR) is 58.2 cm³/mol. The Morgan fingerprint density at radius 3 is 2.88 bits per heavy atom. The largest absolute Gasteiger partial charge is 0.493 e. The third kappa shape index (κ3) is 4.08. The topological polar surface area (TPSA) is 52.4 Å². The van der Waals surface area contributed by atoms with E-state index in [0.29, 0.717) is 17.9 Å². The van der Waals surface area contributed by atoms with E-state index >= 15 is 0 Å². The number of halogens is 1. The van der Waals surface area contributed by atoms with Crippen molar-refractivity contribution in [2.75, 3.05) is 6.61 Å². The second kappa shape index (κ2) is 5.85. The maximum Gasteiger partial charge on any atom is 0.235 e. The first-order chi connectivity index (χ1) is 7.61. The highest BCUT2D eigenvalue weighted by Crippen LogP contribution is 2.17. The molecule has 0 amide bonds. The van der Waals surface area contributed by atoms with E-state index in [1.54, 1.807) is 6.07 Å². The first-order valence-corrected chi connectivity index (χ1v) is 4.87. The van der Waals surface area contributed by atoms with Crippen molar-refractivity contribution in [1.29, 1.82) is 0 Å². The Balaban J connectivity index is 2.85. The van der Waals surface area contributed by atoms with Gasteiger partial charge in [0.1, 0.15) is 11.6 Å². The van der Waals surface area contributed by atoms with Gasteiger partial charge < -0.3 is 4.74 Å². The van der Waals surface area contributed by atoms with Crippen LogP contribution in [0, 0.1) is 15.9 Å². The molecule has 1 rings (SSSR count). The number of hydrogen-bond donors (Lipinski definition) is 0. The molecule has 0 aliphatic heterocycles. The quantitative estimate of drug-likeness (QED) is 0.572. The van der Waals surface area contributed by atoms with Crippen LogP contribution in [0.4, 0.5) is 4.39 Å². The maximum absolute atomic E-state index is 13.1. The van der Waals surface area contributed by atoms with Crippen molar-refractivity contribution in [2.45, 2.75) is 13.3 Å². The lowest BCUT2D eigenvalue weighted by Gasteiger charge is -2.05. The first kappa shape index (κ1) is 12.2. The molecule has 4 nitrogen and oxygen atoms in total. The standard InChI is InChI=1S/C11H12FNO3/c1-2-5-16-11-7-9(3-4-13(14)15)6-10(12)8-11/h3-4,6-8H,2,5H2,1H3/b4-3+. The van der Waals surface area contributed by atoms with Crippen LogP contribution in [0.15, 0.2) is 24.4 Å². The fraction of sp³-hybridized carbons (Fsp3) is 0.273. The van der Waals surface area contributed by atoms with Crippen molar-refractivity contribution >= 4 is 6.08 Å². The van der Waals surface area contributed by atoms with Crippen LogP contribution in [0.1, 0.15) is 18.9 Å². The van der Waals surface area contributed by atoms with Crippen LogP contribution in [0.3, 0.4) is 0 Å². The molecule has 0 N–H and O–H groups in total. The summed E-state index contributed by atoms with van der Waals surface area (Å²) in [4.78, 5) is 9.51.